The zero-order valence-corrected chi connectivity index (χ0v) is 18.9. The van der Waals surface area contributed by atoms with Crippen molar-refractivity contribution >= 4 is 37.4 Å². The van der Waals surface area contributed by atoms with Crippen molar-refractivity contribution in [1.29, 1.82) is 0 Å². The highest BCUT2D eigenvalue weighted by atomic mass is 79.9. The van der Waals surface area contributed by atoms with Crippen LogP contribution in [0.1, 0.15) is 17.5 Å². The van der Waals surface area contributed by atoms with E-state index in [4.69, 9.17) is 0 Å². The summed E-state index contributed by atoms with van der Waals surface area (Å²) < 4.78 is 0. The lowest BCUT2D eigenvalue weighted by atomic mass is 10.0. The van der Waals surface area contributed by atoms with Gasteiger partial charge in [-0.15, -0.1) is 0 Å². The summed E-state index contributed by atoms with van der Waals surface area (Å²) in [7, 11) is 0. The maximum absolute atomic E-state index is 4.26. The Hall–Kier alpha value is -2.21. The molecule has 0 radical (unpaired) electrons. The number of hydrogen-bond acceptors (Lipinski definition) is 0. The molecule has 0 N–H and O–H groups in total. The van der Waals surface area contributed by atoms with E-state index in [0.29, 0.717) is 0 Å². The van der Waals surface area contributed by atoms with E-state index in [2.05, 4.69) is 131 Å². The van der Waals surface area contributed by atoms with Gasteiger partial charge in [0, 0.05) is 0 Å². The molecule has 0 aliphatic rings. The molecule has 4 aromatic carbocycles. The fourth-order valence-corrected chi connectivity index (χ4v) is 8.53. The zero-order valence-electron chi connectivity index (χ0n) is 16.4. The fourth-order valence-electron chi connectivity index (χ4n) is 3.76. The molecule has 2 heteroatoms. The van der Waals surface area contributed by atoms with E-state index in [1.54, 1.807) is 0 Å². The third-order valence-electron chi connectivity index (χ3n) is 5.26. The molecule has 4 aromatic rings. The molecule has 0 bridgehead atoms. The molecule has 0 aliphatic carbocycles. The summed E-state index contributed by atoms with van der Waals surface area (Å²) >= 11 is 4.26. The summed E-state index contributed by atoms with van der Waals surface area (Å²) in [6.45, 7) is 0. The van der Waals surface area contributed by atoms with Crippen molar-refractivity contribution in [2.75, 3.05) is 0 Å². The van der Waals surface area contributed by atoms with Crippen LogP contribution in [0.25, 0.3) is 0 Å². The maximum atomic E-state index is 4.26. The molecule has 0 aromatic heterocycles. The molecule has 0 spiro atoms. The summed E-state index contributed by atoms with van der Waals surface area (Å²) in [6, 6.07) is 41.7. The van der Waals surface area contributed by atoms with Crippen LogP contribution in [-0.2, 0) is 12.8 Å². The minimum atomic E-state index is -1.83. The summed E-state index contributed by atoms with van der Waals surface area (Å²) in [6.07, 6.45) is 3.38. The Morgan fingerprint density at radius 3 is 1.52 bits per heavy atom. The Bertz CT molecular complexity index is 990. The van der Waals surface area contributed by atoms with E-state index in [-0.39, 0.29) is 0 Å². The van der Waals surface area contributed by atoms with Crippen molar-refractivity contribution in [3.63, 3.8) is 0 Å². The van der Waals surface area contributed by atoms with Gasteiger partial charge in [-0.3, -0.25) is 0 Å². The topological polar surface area (TPSA) is 0 Å². The standard InChI is InChI=1S/C27H25BrP/c28-29(25-17-6-2-7-18-25,26-19-8-3-9-20-26)27-21-11-16-24(22-27)15-10-14-23-12-4-1-5-13-23/h1-9,11-13,16-22H,10,14-15H2/q+1. The van der Waals surface area contributed by atoms with Crippen LogP contribution in [0.15, 0.2) is 115 Å². The number of hydrogen-bond donors (Lipinski definition) is 0. The average Bonchev–Trinajstić information content (AvgIpc) is 2.81. The highest BCUT2D eigenvalue weighted by molar-refractivity contribution is 9.44. The predicted octanol–water partition coefficient (Wildman–Crippen LogP) is 6.47. The molecule has 0 unspecified atom stereocenters. The minimum absolute atomic E-state index is 1.10. The maximum Gasteiger partial charge on any atom is 0.181 e. The lowest BCUT2D eigenvalue weighted by Gasteiger charge is -2.20. The van der Waals surface area contributed by atoms with E-state index < -0.39 is 5.96 Å². The first-order valence-electron chi connectivity index (χ1n) is 10.1. The van der Waals surface area contributed by atoms with Gasteiger partial charge in [-0.2, -0.15) is 0 Å². The molecule has 0 saturated carbocycles. The van der Waals surface area contributed by atoms with E-state index >= 15 is 0 Å². The van der Waals surface area contributed by atoms with Crippen LogP contribution >= 0.6 is 21.5 Å². The smallest absolute Gasteiger partial charge is 0.0622 e. The van der Waals surface area contributed by atoms with Crippen LogP contribution in [0, 0.1) is 0 Å². The molecule has 0 aliphatic heterocycles. The zero-order chi connectivity index (χ0) is 19.9. The SMILES string of the molecule is Br[P+](c1ccccc1)(c1ccccc1)c1cccc(CCCc2ccccc2)c1. The van der Waals surface area contributed by atoms with Crippen LogP contribution in [0.2, 0.25) is 0 Å². The lowest BCUT2D eigenvalue weighted by Crippen LogP contribution is -2.27. The second-order valence-corrected chi connectivity index (χ2v) is 13.2. The summed E-state index contributed by atoms with van der Waals surface area (Å²) in [5, 5.41) is 4.09. The quantitative estimate of drug-likeness (QED) is 0.278. The minimum Gasteiger partial charge on any atom is -0.0622 e. The molecule has 144 valence electrons. The van der Waals surface area contributed by atoms with Crippen LogP contribution in [0.5, 0.6) is 0 Å². The van der Waals surface area contributed by atoms with E-state index in [1.165, 1.54) is 27.0 Å². The second-order valence-electron chi connectivity index (χ2n) is 7.27. The number of benzene rings is 4. The predicted molar refractivity (Wildman–Crippen MR) is 133 cm³/mol. The first kappa shape index (κ1) is 20.1. The highest BCUT2D eigenvalue weighted by Gasteiger charge is 2.43. The van der Waals surface area contributed by atoms with Gasteiger partial charge >= 0.3 is 0 Å². The van der Waals surface area contributed by atoms with Crippen molar-refractivity contribution in [3.05, 3.63) is 126 Å². The highest BCUT2D eigenvalue weighted by Crippen LogP contribution is 2.62. The first-order valence-corrected chi connectivity index (χ1v) is 13.9. The largest absolute Gasteiger partial charge is 0.181 e. The second kappa shape index (κ2) is 9.53. The van der Waals surface area contributed by atoms with Crippen molar-refractivity contribution in [1.82, 2.24) is 0 Å². The normalized spacial score (nSPS) is 11.3. The molecule has 0 atom stereocenters. The summed E-state index contributed by atoms with van der Waals surface area (Å²) in [4.78, 5) is 0. The molecule has 4 rings (SSSR count). The van der Waals surface area contributed by atoms with Crippen LogP contribution in [0.4, 0.5) is 0 Å². The fraction of sp³-hybridized carbons (Fsp3) is 0.111. The van der Waals surface area contributed by atoms with Gasteiger partial charge < -0.3 is 0 Å². The molecule has 29 heavy (non-hydrogen) atoms. The van der Waals surface area contributed by atoms with Gasteiger partial charge in [-0.25, -0.2) is 0 Å². The molecular weight excluding hydrogens is 435 g/mol. The lowest BCUT2D eigenvalue weighted by molar-refractivity contribution is 0.821. The van der Waals surface area contributed by atoms with Gasteiger partial charge in [0.1, 0.15) is 15.9 Å². The van der Waals surface area contributed by atoms with Crippen molar-refractivity contribution in [2.45, 2.75) is 19.3 Å². The average molecular weight is 460 g/mol. The number of halogens is 1. The number of aryl methyl sites for hydroxylation is 2. The van der Waals surface area contributed by atoms with Gasteiger partial charge in [0.2, 0.25) is 0 Å². The van der Waals surface area contributed by atoms with Crippen LogP contribution in [-0.4, -0.2) is 0 Å². The molecule has 0 heterocycles. The Labute approximate surface area is 182 Å². The van der Waals surface area contributed by atoms with Gasteiger partial charge in [0.15, 0.2) is 21.5 Å². The Kier molecular flexibility index (Phi) is 6.60. The van der Waals surface area contributed by atoms with E-state index in [9.17, 15) is 0 Å². The van der Waals surface area contributed by atoms with E-state index in [1.807, 2.05) is 0 Å². The summed E-state index contributed by atoms with van der Waals surface area (Å²) in [5.74, 6) is -1.83. The third kappa shape index (κ3) is 4.69. The summed E-state index contributed by atoms with van der Waals surface area (Å²) in [5.41, 5.74) is 2.83. The van der Waals surface area contributed by atoms with Crippen LogP contribution in [0.3, 0.4) is 0 Å². The van der Waals surface area contributed by atoms with Gasteiger partial charge in [0.05, 0.1) is 0 Å². The van der Waals surface area contributed by atoms with Crippen LogP contribution < -0.4 is 15.9 Å². The monoisotopic (exact) mass is 459 g/mol. The van der Waals surface area contributed by atoms with Gasteiger partial charge in [-0.1, -0.05) is 78.9 Å². The van der Waals surface area contributed by atoms with E-state index in [0.717, 1.165) is 19.3 Å². The Morgan fingerprint density at radius 2 is 0.931 bits per heavy atom. The molecule has 0 amide bonds. The number of rotatable bonds is 7. The first-order chi connectivity index (χ1) is 14.3. The van der Waals surface area contributed by atoms with Gasteiger partial charge in [-0.05, 0) is 66.8 Å². The van der Waals surface area contributed by atoms with Crippen molar-refractivity contribution < 1.29 is 0 Å². The van der Waals surface area contributed by atoms with Crippen molar-refractivity contribution in [2.24, 2.45) is 0 Å². The Morgan fingerprint density at radius 1 is 0.483 bits per heavy atom. The third-order valence-corrected chi connectivity index (χ3v) is 12.0. The van der Waals surface area contributed by atoms with Gasteiger partial charge in [0.25, 0.3) is 0 Å². The van der Waals surface area contributed by atoms with Crippen molar-refractivity contribution in [3.8, 4) is 0 Å². The molecule has 0 fully saturated rings. The molecular formula is C27H25BrP+. The Balaban J connectivity index is 1.63. The molecule has 0 nitrogen and oxygen atoms in total. The molecule has 0 saturated heterocycles.